The van der Waals surface area contributed by atoms with Crippen molar-refractivity contribution in [3.05, 3.63) is 22.3 Å². The van der Waals surface area contributed by atoms with Crippen molar-refractivity contribution in [2.24, 2.45) is 0 Å². The second-order valence-electron chi connectivity index (χ2n) is 3.74. The van der Waals surface area contributed by atoms with Crippen LogP contribution in [-0.4, -0.2) is 17.3 Å². The molecule has 0 aromatic carbocycles. The summed E-state index contributed by atoms with van der Waals surface area (Å²) in [6, 6.07) is 1.80. The highest BCUT2D eigenvalue weighted by Gasteiger charge is 2.08. The minimum Gasteiger partial charge on any atom is -0.369 e. The van der Waals surface area contributed by atoms with Gasteiger partial charge in [0, 0.05) is 17.2 Å². The van der Waals surface area contributed by atoms with Crippen molar-refractivity contribution in [1.82, 2.24) is 4.98 Å². The van der Waals surface area contributed by atoms with E-state index in [9.17, 15) is 4.79 Å². The third kappa shape index (κ3) is 3.93. The number of halogens is 1. The number of aromatic nitrogens is 1. The topological polar surface area (TPSA) is 42.0 Å². The summed E-state index contributed by atoms with van der Waals surface area (Å²) in [6.45, 7) is 4.59. The van der Waals surface area contributed by atoms with Crippen LogP contribution >= 0.6 is 15.9 Å². The number of Topliss-reactive ketones (excluding diaryl/α,β-unsaturated/α-hetero) is 1. The van der Waals surface area contributed by atoms with E-state index in [1.165, 1.54) is 12.8 Å². The van der Waals surface area contributed by atoms with Gasteiger partial charge in [-0.05, 0) is 35.3 Å². The normalized spacial score (nSPS) is 10.2. The lowest BCUT2D eigenvalue weighted by Crippen LogP contribution is -2.08. The zero-order valence-corrected chi connectivity index (χ0v) is 11.3. The van der Waals surface area contributed by atoms with Gasteiger partial charge in [0.2, 0.25) is 0 Å². The molecule has 3 nitrogen and oxygen atoms in total. The van der Waals surface area contributed by atoms with Gasteiger partial charge in [0.25, 0.3) is 0 Å². The third-order valence-electron chi connectivity index (χ3n) is 2.31. The number of carbonyl (C=O) groups is 1. The molecular formula is C12H17BrN2O. The number of hydrogen-bond donors (Lipinski definition) is 1. The molecule has 1 N–H and O–H groups in total. The Kier molecular flexibility index (Phi) is 5.46. The Balaban J connectivity index is 2.67. The Bertz CT molecular complexity index is 366. The first-order valence-electron chi connectivity index (χ1n) is 5.55. The van der Waals surface area contributed by atoms with E-state index in [1.807, 2.05) is 0 Å². The average molecular weight is 285 g/mol. The van der Waals surface area contributed by atoms with Gasteiger partial charge in [0.05, 0.1) is 5.56 Å². The van der Waals surface area contributed by atoms with Crippen LogP contribution < -0.4 is 5.32 Å². The van der Waals surface area contributed by atoms with E-state index >= 15 is 0 Å². The summed E-state index contributed by atoms with van der Waals surface area (Å²) >= 11 is 3.32. The number of rotatable bonds is 6. The SMILES string of the molecule is CCCCCNc1ncc(Br)cc1C(C)=O. The van der Waals surface area contributed by atoms with Crippen LogP contribution in [0, 0.1) is 0 Å². The van der Waals surface area contributed by atoms with Gasteiger partial charge in [-0.25, -0.2) is 4.98 Å². The van der Waals surface area contributed by atoms with Gasteiger partial charge < -0.3 is 5.32 Å². The summed E-state index contributed by atoms with van der Waals surface area (Å²) in [6.07, 6.45) is 5.19. The second kappa shape index (κ2) is 6.63. The molecule has 0 saturated heterocycles. The summed E-state index contributed by atoms with van der Waals surface area (Å²) in [4.78, 5) is 15.6. The van der Waals surface area contributed by atoms with E-state index < -0.39 is 0 Å². The second-order valence-corrected chi connectivity index (χ2v) is 4.66. The molecular weight excluding hydrogens is 268 g/mol. The highest BCUT2D eigenvalue weighted by atomic mass is 79.9. The Morgan fingerprint density at radius 1 is 1.50 bits per heavy atom. The number of anilines is 1. The summed E-state index contributed by atoms with van der Waals surface area (Å²) in [5.74, 6) is 0.721. The lowest BCUT2D eigenvalue weighted by Gasteiger charge is -2.09. The Labute approximate surface area is 105 Å². The predicted octanol–water partition coefficient (Wildman–Crippen LogP) is 3.65. The molecule has 0 atom stereocenters. The zero-order valence-electron chi connectivity index (χ0n) is 9.72. The van der Waals surface area contributed by atoms with Crippen molar-refractivity contribution in [3.8, 4) is 0 Å². The highest BCUT2D eigenvalue weighted by Crippen LogP contribution is 2.18. The maximum atomic E-state index is 11.4. The van der Waals surface area contributed by atoms with Gasteiger partial charge in [-0.15, -0.1) is 0 Å². The summed E-state index contributed by atoms with van der Waals surface area (Å²) < 4.78 is 0.830. The Hall–Kier alpha value is -0.900. The summed E-state index contributed by atoms with van der Waals surface area (Å²) in [7, 11) is 0. The van der Waals surface area contributed by atoms with Gasteiger partial charge in [0.15, 0.2) is 5.78 Å². The lowest BCUT2D eigenvalue weighted by atomic mass is 10.2. The molecule has 0 spiro atoms. The number of unbranched alkanes of at least 4 members (excludes halogenated alkanes) is 2. The molecule has 0 bridgehead atoms. The van der Waals surface area contributed by atoms with Crippen LogP contribution in [0.4, 0.5) is 5.82 Å². The fourth-order valence-electron chi connectivity index (χ4n) is 1.43. The van der Waals surface area contributed by atoms with Crippen molar-refractivity contribution < 1.29 is 4.79 Å². The minimum atomic E-state index is 0.0341. The molecule has 0 aliphatic heterocycles. The van der Waals surface area contributed by atoms with Gasteiger partial charge in [-0.1, -0.05) is 19.8 Å². The van der Waals surface area contributed by atoms with E-state index in [0.29, 0.717) is 11.4 Å². The maximum absolute atomic E-state index is 11.4. The first kappa shape index (κ1) is 13.2. The van der Waals surface area contributed by atoms with Gasteiger partial charge in [-0.2, -0.15) is 0 Å². The summed E-state index contributed by atoms with van der Waals surface area (Å²) in [5, 5.41) is 3.20. The standard InChI is InChI=1S/C12H17BrN2O/c1-3-4-5-6-14-12-11(9(2)16)7-10(13)8-15-12/h7-8H,3-6H2,1-2H3,(H,14,15). The number of carbonyl (C=O) groups excluding carboxylic acids is 1. The van der Waals surface area contributed by atoms with Crippen LogP contribution in [0.1, 0.15) is 43.5 Å². The lowest BCUT2D eigenvalue weighted by molar-refractivity contribution is 0.101. The number of ketones is 1. The molecule has 88 valence electrons. The van der Waals surface area contributed by atoms with E-state index in [0.717, 1.165) is 17.4 Å². The predicted molar refractivity (Wildman–Crippen MR) is 70.0 cm³/mol. The monoisotopic (exact) mass is 284 g/mol. The molecule has 0 radical (unpaired) electrons. The molecule has 0 fully saturated rings. The van der Waals surface area contributed by atoms with E-state index in [2.05, 4.69) is 33.2 Å². The van der Waals surface area contributed by atoms with Crippen molar-refractivity contribution in [3.63, 3.8) is 0 Å². The maximum Gasteiger partial charge on any atom is 0.163 e. The number of hydrogen-bond acceptors (Lipinski definition) is 3. The fourth-order valence-corrected chi connectivity index (χ4v) is 1.76. The Morgan fingerprint density at radius 2 is 2.25 bits per heavy atom. The van der Waals surface area contributed by atoms with E-state index in [4.69, 9.17) is 0 Å². The van der Waals surface area contributed by atoms with Crippen LogP contribution in [0.15, 0.2) is 16.7 Å². The Morgan fingerprint density at radius 3 is 2.88 bits per heavy atom. The number of nitrogens with one attached hydrogen (secondary N) is 1. The van der Waals surface area contributed by atoms with Crippen LogP contribution in [0.3, 0.4) is 0 Å². The smallest absolute Gasteiger partial charge is 0.163 e. The van der Waals surface area contributed by atoms with E-state index in [-0.39, 0.29) is 5.78 Å². The number of pyridine rings is 1. The molecule has 1 aromatic heterocycles. The van der Waals surface area contributed by atoms with Crippen LogP contribution in [0.25, 0.3) is 0 Å². The number of nitrogens with zero attached hydrogens (tertiary/aromatic N) is 1. The third-order valence-corrected chi connectivity index (χ3v) is 2.74. The largest absolute Gasteiger partial charge is 0.369 e. The minimum absolute atomic E-state index is 0.0341. The fraction of sp³-hybridized carbons (Fsp3) is 0.500. The molecule has 0 saturated carbocycles. The average Bonchev–Trinajstić information content (AvgIpc) is 2.26. The van der Waals surface area contributed by atoms with Crippen LogP contribution in [-0.2, 0) is 0 Å². The molecule has 0 aliphatic rings. The molecule has 0 aliphatic carbocycles. The van der Waals surface area contributed by atoms with E-state index in [1.54, 1.807) is 19.2 Å². The van der Waals surface area contributed by atoms with Crippen LogP contribution in [0.2, 0.25) is 0 Å². The first-order chi connectivity index (χ1) is 7.65. The van der Waals surface area contributed by atoms with Crippen molar-refractivity contribution in [2.75, 3.05) is 11.9 Å². The molecule has 1 heterocycles. The quantitative estimate of drug-likeness (QED) is 0.640. The van der Waals surface area contributed by atoms with Gasteiger partial charge >= 0.3 is 0 Å². The molecule has 4 heteroatoms. The van der Waals surface area contributed by atoms with Gasteiger partial charge in [-0.3, -0.25) is 4.79 Å². The zero-order chi connectivity index (χ0) is 12.0. The van der Waals surface area contributed by atoms with Crippen molar-refractivity contribution in [1.29, 1.82) is 0 Å². The van der Waals surface area contributed by atoms with Gasteiger partial charge in [0.1, 0.15) is 5.82 Å². The first-order valence-corrected chi connectivity index (χ1v) is 6.34. The van der Waals surface area contributed by atoms with Crippen molar-refractivity contribution in [2.45, 2.75) is 33.1 Å². The summed E-state index contributed by atoms with van der Waals surface area (Å²) in [5.41, 5.74) is 0.644. The molecule has 0 unspecified atom stereocenters. The van der Waals surface area contributed by atoms with Crippen LogP contribution in [0.5, 0.6) is 0 Å². The van der Waals surface area contributed by atoms with Crippen molar-refractivity contribution >= 4 is 27.5 Å². The molecule has 0 amide bonds. The highest BCUT2D eigenvalue weighted by molar-refractivity contribution is 9.10. The molecule has 1 rings (SSSR count). The molecule has 16 heavy (non-hydrogen) atoms. The molecule has 1 aromatic rings.